The summed E-state index contributed by atoms with van der Waals surface area (Å²) in [7, 11) is -3.19. The van der Waals surface area contributed by atoms with Crippen molar-refractivity contribution in [2.75, 3.05) is 6.61 Å². The van der Waals surface area contributed by atoms with Crippen LogP contribution in [0, 0.1) is 0 Å². The molecule has 0 fully saturated rings. The van der Waals surface area contributed by atoms with Crippen LogP contribution in [0.3, 0.4) is 0 Å². The Hall–Kier alpha value is -1.16. The van der Waals surface area contributed by atoms with E-state index in [1.165, 1.54) is 0 Å². The van der Waals surface area contributed by atoms with E-state index in [2.05, 4.69) is 4.52 Å². The molecule has 0 spiro atoms. The fraction of sp³-hybridized carbons (Fsp3) is 0.300. The van der Waals surface area contributed by atoms with E-state index in [1.54, 1.807) is 37.3 Å². The lowest BCUT2D eigenvalue weighted by Gasteiger charge is -2.14. The van der Waals surface area contributed by atoms with E-state index in [1.807, 2.05) is 0 Å². The molecule has 0 aromatic heterocycles. The molecule has 0 aliphatic carbocycles. The third-order valence-corrected chi connectivity index (χ3v) is 2.26. The molecule has 5 nitrogen and oxygen atoms in total. The van der Waals surface area contributed by atoms with Gasteiger partial charge in [0.25, 0.3) is 0 Å². The van der Waals surface area contributed by atoms with Crippen molar-refractivity contribution in [3.63, 3.8) is 0 Å². The number of esters is 1. The highest BCUT2D eigenvalue weighted by Gasteiger charge is 2.24. The molecular weight excluding hydrogens is 231 g/mol. The minimum Gasteiger partial charge on any atom is -0.464 e. The summed E-state index contributed by atoms with van der Waals surface area (Å²) in [6, 6.07) is 8.45. The molecule has 6 heteroatoms. The predicted octanol–water partition coefficient (Wildman–Crippen LogP) is 1.69. The maximum Gasteiger partial charge on any atom is 0.340 e. The number of carbonyl (C=O) groups excluding carboxylic acids is 1. The van der Waals surface area contributed by atoms with Gasteiger partial charge in [0.2, 0.25) is 0 Å². The van der Waals surface area contributed by atoms with Crippen LogP contribution in [-0.2, 0) is 18.6 Å². The van der Waals surface area contributed by atoms with Gasteiger partial charge in [-0.1, -0.05) is 30.3 Å². The van der Waals surface area contributed by atoms with Gasteiger partial charge in [-0.15, -0.1) is 0 Å². The number of carbonyl (C=O) groups is 1. The maximum absolute atomic E-state index is 11.5. The average Bonchev–Trinajstić information content (AvgIpc) is 2.27. The van der Waals surface area contributed by atoms with Crippen molar-refractivity contribution in [3.05, 3.63) is 35.9 Å². The summed E-state index contributed by atoms with van der Waals surface area (Å²) >= 11 is 0. The highest BCUT2D eigenvalue weighted by Crippen LogP contribution is 2.29. The zero-order chi connectivity index (χ0) is 12.0. The summed E-state index contributed by atoms with van der Waals surface area (Å²) in [5, 5.41) is 0. The van der Waals surface area contributed by atoms with Gasteiger partial charge < -0.3 is 9.63 Å². The van der Waals surface area contributed by atoms with Crippen molar-refractivity contribution in [2.24, 2.45) is 0 Å². The zero-order valence-electron chi connectivity index (χ0n) is 8.75. The van der Waals surface area contributed by atoms with Crippen LogP contribution in [0.1, 0.15) is 18.6 Å². The molecule has 2 unspecified atom stereocenters. The number of benzene rings is 1. The number of ether oxygens (including phenoxy) is 1. The van der Waals surface area contributed by atoms with Gasteiger partial charge in [0.15, 0.2) is 6.10 Å². The Morgan fingerprint density at radius 1 is 1.44 bits per heavy atom. The fourth-order valence-corrected chi connectivity index (χ4v) is 1.63. The molecule has 1 aromatic carbocycles. The first-order valence-corrected chi connectivity index (χ1v) is 6.02. The average molecular weight is 244 g/mol. The van der Waals surface area contributed by atoms with Crippen LogP contribution in [0.4, 0.5) is 0 Å². The molecule has 0 aliphatic rings. The lowest BCUT2D eigenvalue weighted by atomic mass is 10.1. The summed E-state index contributed by atoms with van der Waals surface area (Å²) in [4.78, 5) is 20.2. The molecule has 1 rings (SSSR count). The van der Waals surface area contributed by atoms with Crippen molar-refractivity contribution in [1.82, 2.24) is 0 Å². The van der Waals surface area contributed by atoms with Crippen LogP contribution < -0.4 is 0 Å². The van der Waals surface area contributed by atoms with Gasteiger partial charge in [-0.2, -0.15) is 0 Å². The minimum absolute atomic E-state index is 0.192. The van der Waals surface area contributed by atoms with Crippen molar-refractivity contribution < 1.29 is 23.5 Å². The van der Waals surface area contributed by atoms with Crippen molar-refractivity contribution in [2.45, 2.75) is 13.0 Å². The third kappa shape index (κ3) is 3.77. The van der Waals surface area contributed by atoms with Crippen LogP contribution in [-0.4, -0.2) is 17.5 Å². The molecule has 0 amide bonds. The summed E-state index contributed by atoms with van der Waals surface area (Å²) in [6.07, 6.45) is -1.14. The Morgan fingerprint density at radius 2 is 2.06 bits per heavy atom. The van der Waals surface area contributed by atoms with E-state index in [9.17, 15) is 9.36 Å². The van der Waals surface area contributed by atoms with E-state index in [0.29, 0.717) is 5.56 Å². The molecule has 88 valence electrons. The second-order valence-electron chi connectivity index (χ2n) is 2.93. The zero-order valence-corrected chi connectivity index (χ0v) is 9.75. The fourth-order valence-electron chi connectivity index (χ4n) is 1.20. The second-order valence-corrected chi connectivity index (χ2v) is 3.69. The van der Waals surface area contributed by atoms with Crippen LogP contribution in [0.15, 0.2) is 30.3 Å². The Balaban J connectivity index is 2.87. The Bertz CT molecular complexity index is 365. The van der Waals surface area contributed by atoms with Gasteiger partial charge in [-0.05, 0) is 12.5 Å². The van der Waals surface area contributed by atoms with Crippen LogP contribution in [0.5, 0.6) is 0 Å². The molecule has 0 radical (unpaired) electrons. The monoisotopic (exact) mass is 244 g/mol. The first-order valence-electron chi connectivity index (χ1n) is 4.76. The van der Waals surface area contributed by atoms with Gasteiger partial charge in [-0.25, -0.2) is 4.79 Å². The lowest BCUT2D eigenvalue weighted by molar-refractivity contribution is -0.151. The number of hydrogen-bond donors (Lipinski definition) is 1. The van der Waals surface area contributed by atoms with Crippen molar-refractivity contribution in [3.8, 4) is 0 Å². The Morgan fingerprint density at radius 3 is 2.56 bits per heavy atom. The second kappa shape index (κ2) is 6.43. The SMILES string of the molecule is CCOC(=O)C(O[PH](=O)O)c1ccccc1. The molecule has 16 heavy (non-hydrogen) atoms. The predicted molar refractivity (Wildman–Crippen MR) is 58.1 cm³/mol. The highest BCUT2D eigenvalue weighted by molar-refractivity contribution is 7.32. The molecule has 2 atom stereocenters. The summed E-state index contributed by atoms with van der Waals surface area (Å²) < 4.78 is 20.1. The molecule has 1 aromatic rings. The highest BCUT2D eigenvalue weighted by atomic mass is 31.1. The van der Waals surface area contributed by atoms with Gasteiger partial charge in [-0.3, -0.25) is 9.09 Å². The Labute approximate surface area is 94.0 Å². The molecule has 0 aliphatic heterocycles. The van der Waals surface area contributed by atoms with Crippen molar-refractivity contribution in [1.29, 1.82) is 0 Å². The standard InChI is InChI=1S/C10H13O5P/c1-2-14-10(11)9(15-16(12)13)8-6-4-3-5-7-8/h3-7,9,16H,2H2,1H3,(H,12,13). The van der Waals surface area contributed by atoms with Crippen LogP contribution >= 0.6 is 8.25 Å². The van der Waals surface area contributed by atoms with Gasteiger partial charge in [0.05, 0.1) is 6.61 Å². The van der Waals surface area contributed by atoms with E-state index in [4.69, 9.17) is 9.63 Å². The quantitative estimate of drug-likeness (QED) is 0.630. The van der Waals surface area contributed by atoms with E-state index in [-0.39, 0.29) is 6.61 Å². The van der Waals surface area contributed by atoms with E-state index < -0.39 is 20.3 Å². The maximum atomic E-state index is 11.5. The molecular formula is C10H13O5P. The summed E-state index contributed by atoms with van der Waals surface area (Å²) in [6.45, 7) is 1.85. The third-order valence-electron chi connectivity index (χ3n) is 1.82. The smallest absolute Gasteiger partial charge is 0.340 e. The van der Waals surface area contributed by atoms with Crippen molar-refractivity contribution >= 4 is 14.2 Å². The molecule has 0 saturated heterocycles. The van der Waals surface area contributed by atoms with Gasteiger partial charge in [0, 0.05) is 0 Å². The number of rotatable bonds is 5. The van der Waals surface area contributed by atoms with E-state index >= 15 is 0 Å². The van der Waals surface area contributed by atoms with Gasteiger partial charge in [0.1, 0.15) is 0 Å². The molecule has 0 bridgehead atoms. The first kappa shape index (κ1) is 12.9. The van der Waals surface area contributed by atoms with Gasteiger partial charge >= 0.3 is 14.2 Å². The van der Waals surface area contributed by atoms with E-state index in [0.717, 1.165) is 0 Å². The molecule has 0 heterocycles. The minimum atomic E-state index is -3.19. The van der Waals surface area contributed by atoms with Crippen LogP contribution in [0.2, 0.25) is 0 Å². The molecule has 0 saturated carbocycles. The summed E-state index contributed by atoms with van der Waals surface area (Å²) in [5.41, 5.74) is 0.494. The molecule has 1 N–H and O–H groups in total. The lowest BCUT2D eigenvalue weighted by Crippen LogP contribution is -2.16. The Kier molecular flexibility index (Phi) is 5.19. The normalized spacial score (nSPS) is 14.1. The number of hydrogen-bond acceptors (Lipinski definition) is 4. The van der Waals surface area contributed by atoms with Crippen LogP contribution in [0.25, 0.3) is 0 Å². The summed E-state index contributed by atoms with van der Waals surface area (Å²) in [5.74, 6) is -0.666. The largest absolute Gasteiger partial charge is 0.464 e. The first-order chi connectivity index (χ1) is 7.65. The topological polar surface area (TPSA) is 72.8 Å².